The fraction of sp³-hybridized carbons (Fsp3) is 0.429. The van der Waals surface area contributed by atoms with Crippen LogP contribution in [0.3, 0.4) is 0 Å². The third-order valence-electron chi connectivity index (χ3n) is 5.97. The lowest BCUT2D eigenvalue weighted by Gasteiger charge is -2.24. The van der Waals surface area contributed by atoms with Crippen LogP contribution < -0.4 is 11.5 Å². The van der Waals surface area contributed by atoms with Crippen molar-refractivity contribution >= 4 is 28.5 Å². The molecule has 0 unspecified atom stereocenters. The van der Waals surface area contributed by atoms with Gasteiger partial charge in [0, 0.05) is 17.7 Å². The number of halogens is 1. The zero-order valence-corrected chi connectivity index (χ0v) is 17.1. The van der Waals surface area contributed by atoms with E-state index in [0.29, 0.717) is 18.0 Å². The van der Waals surface area contributed by atoms with E-state index in [-0.39, 0.29) is 29.5 Å². The first-order valence-electron chi connectivity index (χ1n) is 9.82. The second kappa shape index (κ2) is 6.67. The van der Waals surface area contributed by atoms with Crippen LogP contribution in [0.1, 0.15) is 26.3 Å². The summed E-state index contributed by atoms with van der Waals surface area (Å²) in [6, 6.07) is 10.1. The smallest absolute Gasteiger partial charge is 0.226 e. The summed E-state index contributed by atoms with van der Waals surface area (Å²) in [7, 11) is 0. The lowest BCUT2D eigenvalue weighted by Crippen LogP contribution is -2.29. The van der Waals surface area contributed by atoms with E-state index in [0.717, 1.165) is 22.9 Å². The molecule has 2 aliphatic rings. The van der Waals surface area contributed by atoms with Crippen molar-refractivity contribution in [3.05, 3.63) is 41.8 Å². The van der Waals surface area contributed by atoms with Gasteiger partial charge in [-0.3, -0.25) is 0 Å². The summed E-state index contributed by atoms with van der Waals surface area (Å²) in [5.74, 6) is -0.0660. The molecule has 8 heteroatoms. The number of rotatable bonds is 3. The molecule has 3 aromatic rings. The molecule has 0 spiro atoms. The number of nitrogen functional groups attached to an aromatic ring is 1. The largest absolute Gasteiger partial charge is 0.383 e. The van der Waals surface area contributed by atoms with E-state index >= 15 is 0 Å². The Morgan fingerprint density at radius 2 is 1.90 bits per heavy atom. The first-order chi connectivity index (χ1) is 13.9. The summed E-state index contributed by atoms with van der Waals surface area (Å²) < 4.78 is 14.6. The van der Waals surface area contributed by atoms with Gasteiger partial charge in [-0.25, -0.2) is 4.98 Å². The maximum absolute atomic E-state index is 6.29. The van der Waals surface area contributed by atoms with Gasteiger partial charge in [0.1, 0.15) is 17.6 Å². The van der Waals surface area contributed by atoms with Crippen molar-refractivity contribution in [2.45, 2.75) is 44.3 Å². The molecular formula is C21H24ClN5O2. The Balaban J connectivity index is 1.70. The lowest BCUT2D eigenvalue weighted by atomic mass is 10.1. The molecule has 7 nitrogen and oxygen atoms in total. The van der Waals surface area contributed by atoms with Crippen molar-refractivity contribution in [1.82, 2.24) is 14.5 Å². The van der Waals surface area contributed by atoms with E-state index in [2.05, 4.69) is 20.7 Å². The number of anilines is 1. The van der Waals surface area contributed by atoms with Crippen molar-refractivity contribution in [1.29, 1.82) is 0 Å². The van der Waals surface area contributed by atoms with Crippen LogP contribution in [0.2, 0.25) is 5.28 Å². The average molecular weight is 414 g/mol. The van der Waals surface area contributed by atoms with Gasteiger partial charge in [-0.05, 0) is 44.0 Å². The Morgan fingerprint density at radius 3 is 2.62 bits per heavy atom. The Kier molecular flexibility index (Phi) is 4.33. The van der Waals surface area contributed by atoms with Crippen molar-refractivity contribution in [3.63, 3.8) is 0 Å². The maximum Gasteiger partial charge on any atom is 0.226 e. The molecule has 0 amide bonds. The summed E-state index contributed by atoms with van der Waals surface area (Å²) in [5.41, 5.74) is 15.1. The number of benzene rings is 1. The van der Waals surface area contributed by atoms with Crippen LogP contribution >= 0.6 is 11.6 Å². The molecule has 1 saturated heterocycles. The van der Waals surface area contributed by atoms with Crippen LogP contribution in [0.4, 0.5) is 5.82 Å². The number of nitrogens with two attached hydrogens (primary N) is 2. The SMILES string of the molecule is CC1(C)O[C@@H]2[C@@H](CN)C[C@@H](n3cc(-c4ccccc4)c4c(N)nc(Cl)nc43)[C@@H]2O1. The molecule has 1 aliphatic carbocycles. The predicted octanol–water partition coefficient (Wildman–Crippen LogP) is 3.37. The van der Waals surface area contributed by atoms with Gasteiger partial charge in [-0.1, -0.05) is 30.3 Å². The highest BCUT2D eigenvalue weighted by atomic mass is 35.5. The molecular weight excluding hydrogens is 390 g/mol. The third-order valence-corrected chi connectivity index (χ3v) is 6.14. The van der Waals surface area contributed by atoms with Crippen LogP contribution in [0.5, 0.6) is 0 Å². The van der Waals surface area contributed by atoms with Gasteiger partial charge in [0.25, 0.3) is 0 Å². The number of fused-ring (bicyclic) bond motifs is 2. The summed E-state index contributed by atoms with van der Waals surface area (Å²) in [4.78, 5) is 8.73. The minimum Gasteiger partial charge on any atom is -0.383 e. The van der Waals surface area contributed by atoms with Gasteiger partial charge in [-0.2, -0.15) is 4.98 Å². The van der Waals surface area contributed by atoms with Gasteiger partial charge in [0.05, 0.1) is 17.5 Å². The van der Waals surface area contributed by atoms with Crippen LogP contribution in [0.25, 0.3) is 22.2 Å². The Labute approximate surface area is 174 Å². The lowest BCUT2D eigenvalue weighted by molar-refractivity contribution is -0.159. The van der Waals surface area contributed by atoms with E-state index in [9.17, 15) is 0 Å². The number of hydrogen-bond donors (Lipinski definition) is 2. The molecule has 2 aromatic heterocycles. The van der Waals surface area contributed by atoms with Crippen LogP contribution in [0.15, 0.2) is 36.5 Å². The molecule has 4 atom stereocenters. The Hall–Kier alpha value is -2.19. The van der Waals surface area contributed by atoms with Crippen LogP contribution in [0, 0.1) is 5.92 Å². The molecule has 2 fully saturated rings. The van der Waals surface area contributed by atoms with Crippen LogP contribution in [-0.2, 0) is 9.47 Å². The van der Waals surface area contributed by atoms with Crippen LogP contribution in [-0.4, -0.2) is 39.1 Å². The molecule has 4 N–H and O–H groups in total. The first kappa shape index (κ1) is 18.8. The fourth-order valence-electron chi connectivity index (χ4n) is 4.80. The summed E-state index contributed by atoms with van der Waals surface area (Å²) in [5, 5.41) is 0.925. The third kappa shape index (κ3) is 3.00. The van der Waals surface area contributed by atoms with Gasteiger partial charge in [0.15, 0.2) is 5.79 Å². The number of ether oxygens (including phenoxy) is 2. The molecule has 152 valence electrons. The van der Waals surface area contributed by atoms with E-state index < -0.39 is 5.79 Å². The molecule has 1 aliphatic heterocycles. The molecule has 3 heterocycles. The summed E-state index contributed by atoms with van der Waals surface area (Å²) >= 11 is 6.18. The summed E-state index contributed by atoms with van der Waals surface area (Å²) in [6.45, 7) is 4.42. The molecule has 0 radical (unpaired) electrons. The highest BCUT2D eigenvalue weighted by molar-refractivity contribution is 6.29. The highest BCUT2D eigenvalue weighted by Crippen LogP contribution is 2.48. The normalized spacial score (nSPS) is 28.1. The van der Waals surface area contributed by atoms with E-state index in [1.807, 2.05) is 44.2 Å². The van der Waals surface area contributed by atoms with Gasteiger partial charge >= 0.3 is 0 Å². The number of nitrogens with zero attached hydrogens (tertiary/aromatic N) is 3. The zero-order chi connectivity index (χ0) is 20.3. The van der Waals surface area contributed by atoms with E-state index in [4.69, 9.17) is 32.5 Å². The first-order valence-corrected chi connectivity index (χ1v) is 10.2. The highest BCUT2D eigenvalue weighted by Gasteiger charge is 2.54. The van der Waals surface area contributed by atoms with Crippen molar-refractivity contribution in [3.8, 4) is 11.1 Å². The Morgan fingerprint density at radius 1 is 1.17 bits per heavy atom. The number of aromatic nitrogens is 3. The van der Waals surface area contributed by atoms with Gasteiger partial charge in [0.2, 0.25) is 5.28 Å². The number of hydrogen-bond acceptors (Lipinski definition) is 6. The molecule has 29 heavy (non-hydrogen) atoms. The predicted molar refractivity (Wildman–Crippen MR) is 112 cm³/mol. The van der Waals surface area contributed by atoms with Crippen molar-refractivity contribution in [2.24, 2.45) is 11.7 Å². The fourth-order valence-corrected chi connectivity index (χ4v) is 4.97. The topological polar surface area (TPSA) is 101 Å². The standard InChI is InChI=1S/C21H24ClN5O2/c1-21(2)28-16-12(9-23)8-14(17(16)29-21)27-10-13(11-6-4-3-5-7-11)15-18(24)25-20(22)26-19(15)27/h3-7,10,12,14,16-17H,8-9,23H2,1-2H3,(H2,24,25,26)/t12-,14-,16-,17+/m1/s1. The molecule has 1 saturated carbocycles. The monoisotopic (exact) mass is 413 g/mol. The second-order valence-corrected chi connectivity index (χ2v) is 8.59. The zero-order valence-electron chi connectivity index (χ0n) is 16.4. The Bertz CT molecular complexity index is 1070. The van der Waals surface area contributed by atoms with Gasteiger partial charge in [-0.15, -0.1) is 0 Å². The average Bonchev–Trinajstić information content (AvgIpc) is 3.30. The molecule has 5 rings (SSSR count). The van der Waals surface area contributed by atoms with E-state index in [1.54, 1.807) is 0 Å². The van der Waals surface area contributed by atoms with E-state index in [1.165, 1.54) is 0 Å². The van der Waals surface area contributed by atoms with Gasteiger partial charge < -0.3 is 25.5 Å². The second-order valence-electron chi connectivity index (χ2n) is 8.26. The van der Waals surface area contributed by atoms with Crippen molar-refractivity contribution < 1.29 is 9.47 Å². The minimum atomic E-state index is -0.641. The van der Waals surface area contributed by atoms with Crippen molar-refractivity contribution in [2.75, 3.05) is 12.3 Å². The minimum absolute atomic E-state index is 0.0145. The quantitative estimate of drug-likeness (QED) is 0.638. The maximum atomic E-state index is 6.29. The molecule has 1 aromatic carbocycles. The molecule has 0 bridgehead atoms. The summed E-state index contributed by atoms with van der Waals surface area (Å²) in [6.07, 6.45) is 2.75.